The maximum atomic E-state index is 13.5. The Labute approximate surface area is 113 Å². The van der Waals surface area contributed by atoms with E-state index < -0.39 is 40.1 Å². The van der Waals surface area contributed by atoms with E-state index in [-0.39, 0.29) is 18.7 Å². The summed E-state index contributed by atoms with van der Waals surface area (Å²) in [6.07, 6.45) is -4.60. The van der Waals surface area contributed by atoms with Crippen molar-refractivity contribution in [3.63, 3.8) is 0 Å². The summed E-state index contributed by atoms with van der Waals surface area (Å²) in [7, 11) is -3.72. The fourth-order valence-electron chi connectivity index (χ4n) is 1.78. The Morgan fingerprint density at radius 1 is 1.30 bits per heavy atom. The lowest BCUT2D eigenvalue weighted by molar-refractivity contribution is -0.137. The molecule has 1 aliphatic rings. The molecule has 20 heavy (non-hydrogen) atoms. The molecule has 1 saturated heterocycles. The van der Waals surface area contributed by atoms with Gasteiger partial charge in [0.1, 0.15) is 5.82 Å². The normalized spacial score (nSPS) is 20.0. The lowest BCUT2D eigenvalue weighted by atomic mass is 10.1. The highest BCUT2D eigenvalue weighted by atomic mass is 32.2. The highest BCUT2D eigenvalue weighted by Crippen LogP contribution is 2.31. The first-order valence-corrected chi connectivity index (χ1v) is 7.22. The molecule has 1 aliphatic heterocycles. The molecule has 1 aromatic carbocycles. The molecule has 4 nitrogen and oxygen atoms in total. The van der Waals surface area contributed by atoms with E-state index in [4.69, 9.17) is 4.74 Å². The maximum Gasteiger partial charge on any atom is 0.416 e. The summed E-state index contributed by atoms with van der Waals surface area (Å²) in [5.41, 5.74) is -1.33. The molecule has 1 fully saturated rings. The van der Waals surface area contributed by atoms with Gasteiger partial charge in [-0.15, -0.1) is 0 Å². The first kappa shape index (κ1) is 15.2. The van der Waals surface area contributed by atoms with Gasteiger partial charge in [-0.3, -0.25) is 0 Å². The van der Waals surface area contributed by atoms with Gasteiger partial charge < -0.3 is 4.74 Å². The van der Waals surface area contributed by atoms with Crippen LogP contribution >= 0.6 is 0 Å². The minimum absolute atomic E-state index is 0.0159. The molecule has 0 N–H and O–H groups in total. The molecule has 0 atom stereocenters. The molecule has 0 radical (unpaired) electrons. The molecule has 112 valence electrons. The Morgan fingerprint density at radius 3 is 2.60 bits per heavy atom. The number of ether oxygens (including phenoxy) is 1. The third kappa shape index (κ3) is 3.28. The number of sulfonamides is 1. The van der Waals surface area contributed by atoms with Crippen LogP contribution in [0.3, 0.4) is 0 Å². The van der Waals surface area contributed by atoms with Gasteiger partial charge >= 0.3 is 6.18 Å². The molecule has 0 amide bonds. The predicted molar refractivity (Wildman–Crippen MR) is 61.6 cm³/mol. The fraction of sp³-hybridized carbons (Fsp3) is 0.455. The molecule has 0 saturated carbocycles. The molecule has 0 unspecified atom stereocenters. The van der Waals surface area contributed by atoms with Crippen molar-refractivity contribution in [3.05, 3.63) is 35.1 Å². The van der Waals surface area contributed by atoms with E-state index in [0.717, 1.165) is 4.31 Å². The van der Waals surface area contributed by atoms with Crippen molar-refractivity contribution < 1.29 is 30.7 Å². The molecule has 9 heteroatoms. The summed E-state index contributed by atoms with van der Waals surface area (Å²) in [5, 5.41) is 0. The SMILES string of the molecule is O=S1(=O)COCCN1Cc1cc(C(F)(F)F)ccc1F. The van der Waals surface area contributed by atoms with E-state index in [9.17, 15) is 26.0 Å². The molecule has 0 bridgehead atoms. The van der Waals surface area contributed by atoms with E-state index in [1.807, 2.05) is 0 Å². The highest BCUT2D eigenvalue weighted by Gasteiger charge is 2.32. The quantitative estimate of drug-likeness (QED) is 0.784. The second-order valence-corrected chi connectivity index (χ2v) is 6.19. The van der Waals surface area contributed by atoms with Crippen LogP contribution in [-0.2, 0) is 27.5 Å². The van der Waals surface area contributed by atoms with E-state index in [1.165, 1.54) is 0 Å². The number of hydrogen-bond acceptors (Lipinski definition) is 3. The molecule has 0 aliphatic carbocycles. The van der Waals surface area contributed by atoms with Crippen molar-refractivity contribution in [3.8, 4) is 0 Å². The molecule has 2 rings (SSSR count). The maximum absolute atomic E-state index is 13.5. The van der Waals surface area contributed by atoms with Crippen LogP contribution < -0.4 is 0 Å². The second-order valence-electron chi connectivity index (χ2n) is 4.28. The smallest absolute Gasteiger partial charge is 0.363 e. The standard InChI is InChI=1S/C11H11F4NO3S/c12-10-2-1-9(11(13,14)15)5-8(10)6-16-3-4-19-7-20(16,17)18/h1-2,5H,3-4,6-7H2. The zero-order valence-electron chi connectivity index (χ0n) is 10.2. The number of benzene rings is 1. The van der Waals surface area contributed by atoms with Crippen LogP contribution in [0.15, 0.2) is 18.2 Å². The Bertz CT molecular complexity index is 600. The van der Waals surface area contributed by atoms with Crippen molar-refractivity contribution in [1.82, 2.24) is 4.31 Å². The van der Waals surface area contributed by atoms with Gasteiger partial charge in [-0.1, -0.05) is 0 Å². The summed E-state index contributed by atoms with van der Waals surface area (Å²) in [4.78, 5) is 0. The molecule has 0 spiro atoms. The summed E-state index contributed by atoms with van der Waals surface area (Å²) in [6, 6.07) is 1.93. The van der Waals surface area contributed by atoms with E-state index in [0.29, 0.717) is 18.2 Å². The van der Waals surface area contributed by atoms with E-state index in [1.54, 1.807) is 0 Å². The lowest BCUT2D eigenvalue weighted by Crippen LogP contribution is -2.40. The van der Waals surface area contributed by atoms with Crippen LogP contribution in [0, 0.1) is 5.82 Å². The van der Waals surface area contributed by atoms with Crippen LogP contribution in [0.5, 0.6) is 0 Å². The van der Waals surface area contributed by atoms with Crippen molar-refractivity contribution in [2.24, 2.45) is 0 Å². The van der Waals surface area contributed by atoms with Crippen LogP contribution in [0.4, 0.5) is 17.6 Å². The molecular weight excluding hydrogens is 302 g/mol. The number of nitrogens with zero attached hydrogens (tertiary/aromatic N) is 1. The van der Waals surface area contributed by atoms with E-state index >= 15 is 0 Å². The number of halogens is 4. The van der Waals surface area contributed by atoms with Gasteiger partial charge in [0.2, 0.25) is 10.0 Å². The van der Waals surface area contributed by atoms with Gasteiger partial charge in [0.15, 0.2) is 5.94 Å². The van der Waals surface area contributed by atoms with Crippen LogP contribution in [0.2, 0.25) is 0 Å². The van der Waals surface area contributed by atoms with Gasteiger partial charge in [0.05, 0.1) is 12.2 Å². The number of rotatable bonds is 2. The minimum atomic E-state index is -4.60. The van der Waals surface area contributed by atoms with Gasteiger partial charge in [0, 0.05) is 18.7 Å². The number of hydrogen-bond donors (Lipinski definition) is 0. The topological polar surface area (TPSA) is 46.6 Å². The van der Waals surface area contributed by atoms with Crippen LogP contribution in [0.1, 0.15) is 11.1 Å². The number of alkyl halides is 3. The Morgan fingerprint density at radius 2 is 2.00 bits per heavy atom. The fourth-order valence-corrected chi connectivity index (χ4v) is 2.95. The molecular formula is C11H11F4NO3S. The van der Waals surface area contributed by atoms with Crippen molar-refractivity contribution in [2.75, 3.05) is 19.1 Å². The van der Waals surface area contributed by atoms with Gasteiger partial charge in [-0.25, -0.2) is 12.8 Å². The van der Waals surface area contributed by atoms with Crippen molar-refractivity contribution >= 4 is 10.0 Å². The lowest BCUT2D eigenvalue weighted by Gasteiger charge is -2.26. The van der Waals surface area contributed by atoms with E-state index in [2.05, 4.69) is 0 Å². The third-order valence-corrected chi connectivity index (χ3v) is 4.39. The van der Waals surface area contributed by atoms with Gasteiger partial charge in [-0.05, 0) is 18.2 Å². The summed E-state index contributed by atoms with van der Waals surface area (Å²) in [6.45, 7) is -0.334. The average Bonchev–Trinajstić information content (AvgIpc) is 2.32. The third-order valence-electron chi connectivity index (χ3n) is 2.83. The molecule has 1 aromatic rings. The summed E-state index contributed by atoms with van der Waals surface area (Å²) >= 11 is 0. The minimum Gasteiger partial charge on any atom is -0.363 e. The zero-order valence-corrected chi connectivity index (χ0v) is 11.0. The summed E-state index contributed by atoms with van der Waals surface area (Å²) < 4.78 is 80.2. The first-order chi connectivity index (χ1) is 9.20. The molecule has 1 heterocycles. The first-order valence-electron chi connectivity index (χ1n) is 5.61. The van der Waals surface area contributed by atoms with Crippen LogP contribution in [0.25, 0.3) is 0 Å². The highest BCUT2D eigenvalue weighted by molar-refractivity contribution is 7.88. The largest absolute Gasteiger partial charge is 0.416 e. The summed E-state index contributed by atoms with van der Waals surface area (Å²) in [5.74, 6) is -1.42. The zero-order chi connectivity index (χ0) is 15.0. The Kier molecular flexibility index (Phi) is 4.03. The average molecular weight is 313 g/mol. The monoisotopic (exact) mass is 313 g/mol. The Balaban J connectivity index is 2.29. The van der Waals surface area contributed by atoms with Crippen molar-refractivity contribution in [1.29, 1.82) is 0 Å². The van der Waals surface area contributed by atoms with Gasteiger partial charge in [0.25, 0.3) is 0 Å². The van der Waals surface area contributed by atoms with Crippen LogP contribution in [-0.4, -0.2) is 31.8 Å². The predicted octanol–water partition coefficient (Wildman–Crippen LogP) is 1.96. The van der Waals surface area contributed by atoms with Gasteiger partial charge in [-0.2, -0.15) is 17.5 Å². The Hall–Kier alpha value is -1.19. The second kappa shape index (κ2) is 5.30. The molecule has 0 aromatic heterocycles. The van der Waals surface area contributed by atoms with Crippen molar-refractivity contribution in [2.45, 2.75) is 12.7 Å².